The Balaban J connectivity index is 1.90. The second kappa shape index (κ2) is 9.87. The van der Waals surface area contributed by atoms with E-state index in [0.29, 0.717) is 0 Å². The fourth-order valence-electron chi connectivity index (χ4n) is 2.95. The molecule has 18 heavy (non-hydrogen) atoms. The van der Waals surface area contributed by atoms with Crippen molar-refractivity contribution in [1.82, 2.24) is 0 Å². The number of rotatable bonds is 13. The smallest absolute Gasteiger partial charge is 0.0266 e. The maximum Gasteiger partial charge on any atom is -0.0266 e. The van der Waals surface area contributed by atoms with Crippen LogP contribution in [0, 0.1) is 11.8 Å². The van der Waals surface area contributed by atoms with Crippen LogP contribution in [0.5, 0.6) is 0 Å². The molecule has 0 amide bonds. The Hall–Kier alpha value is 0. The normalized spacial score (nSPS) is 17.0. The summed E-state index contributed by atoms with van der Waals surface area (Å²) >= 11 is 0. The quantitative estimate of drug-likeness (QED) is 0.320. The Morgan fingerprint density at radius 3 is 1.89 bits per heavy atom. The summed E-state index contributed by atoms with van der Waals surface area (Å²) in [5.41, 5.74) is 0.719. The van der Waals surface area contributed by atoms with E-state index in [-0.39, 0.29) is 0 Å². The topological polar surface area (TPSA) is 0 Å². The average Bonchev–Trinajstić information content (AvgIpc) is 3.14. The summed E-state index contributed by atoms with van der Waals surface area (Å²) in [5, 5.41) is 0. The van der Waals surface area contributed by atoms with E-state index in [1.807, 2.05) is 0 Å². The average molecular weight is 251 g/mol. The molecule has 0 unspecified atom stereocenters. The summed E-state index contributed by atoms with van der Waals surface area (Å²) in [6.45, 7) is 4.59. The van der Waals surface area contributed by atoms with Crippen molar-refractivity contribution in [3.63, 3.8) is 0 Å². The zero-order valence-electron chi connectivity index (χ0n) is 13.0. The van der Waals surface area contributed by atoms with Crippen LogP contribution in [-0.4, -0.2) is 0 Å². The van der Waals surface area contributed by atoms with Crippen LogP contribution in [0.2, 0.25) is 0 Å². The molecule has 0 nitrogen and oxygen atoms in total. The largest absolute Gasteiger partial charge is 0.0654 e. The maximum atomic E-state index is 2.69. The van der Waals surface area contributed by atoms with Crippen molar-refractivity contribution in [2.24, 2.45) is 5.41 Å². The van der Waals surface area contributed by atoms with Gasteiger partial charge in [0.2, 0.25) is 0 Å². The van der Waals surface area contributed by atoms with Gasteiger partial charge in [-0.1, -0.05) is 78.1 Å². The van der Waals surface area contributed by atoms with Gasteiger partial charge in [-0.3, -0.25) is 0 Å². The molecular formula is C18H35. The van der Waals surface area contributed by atoms with Crippen molar-refractivity contribution < 1.29 is 0 Å². The molecule has 0 aliphatic heterocycles. The van der Waals surface area contributed by atoms with Crippen molar-refractivity contribution >= 4 is 0 Å². The minimum absolute atomic E-state index is 0.719. The van der Waals surface area contributed by atoms with Crippen molar-refractivity contribution in [2.75, 3.05) is 0 Å². The summed E-state index contributed by atoms with van der Waals surface area (Å²) in [4.78, 5) is 0. The number of hydrogen-bond acceptors (Lipinski definition) is 0. The zero-order valence-corrected chi connectivity index (χ0v) is 13.0. The van der Waals surface area contributed by atoms with Crippen LogP contribution in [0.1, 0.15) is 104 Å². The molecule has 0 N–H and O–H groups in total. The van der Waals surface area contributed by atoms with E-state index in [1.54, 1.807) is 0 Å². The monoisotopic (exact) mass is 251 g/mol. The van der Waals surface area contributed by atoms with Gasteiger partial charge < -0.3 is 0 Å². The molecule has 1 fully saturated rings. The molecule has 107 valence electrons. The van der Waals surface area contributed by atoms with Gasteiger partial charge in [0, 0.05) is 0 Å². The molecule has 1 aliphatic carbocycles. The van der Waals surface area contributed by atoms with Crippen LogP contribution in [0.25, 0.3) is 0 Å². The van der Waals surface area contributed by atoms with E-state index in [9.17, 15) is 0 Å². The van der Waals surface area contributed by atoms with Crippen molar-refractivity contribution in [1.29, 1.82) is 0 Å². The third-order valence-corrected chi connectivity index (χ3v) is 4.56. The highest BCUT2D eigenvalue weighted by molar-refractivity contribution is 5.03. The number of unbranched alkanes of at least 4 members (excludes halogenated alkanes) is 9. The van der Waals surface area contributed by atoms with Crippen molar-refractivity contribution in [3.05, 3.63) is 6.42 Å². The molecule has 0 aromatic heterocycles. The second-order valence-corrected chi connectivity index (χ2v) is 6.43. The van der Waals surface area contributed by atoms with Crippen LogP contribution in [0.4, 0.5) is 0 Å². The Labute approximate surface area is 116 Å². The first-order valence-electron chi connectivity index (χ1n) is 8.67. The highest BCUT2D eigenvalue weighted by Gasteiger charge is 2.40. The highest BCUT2D eigenvalue weighted by Crippen LogP contribution is 2.53. The molecule has 1 saturated carbocycles. The van der Waals surface area contributed by atoms with Gasteiger partial charge in [0.05, 0.1) is 0 Å². The second-order valence-electron chi connectivity index (χ2n) is 6.43. The van der Waals surface area contributed by atoms with E-state index in [2.05, 4.69) is 20.3 Å². The first-order valence-corrected chi connectivity index (χ1v) is 8.67. The van der Waals surface area contributed by atoms with Gasteiger partial charge in [0.1, 0.15) is 0 Å². The van der Waals surface area contributed by atoms with Gasteiger partial charge in [-0.05, 0) is 37.5 Å². The molecule has 0 spiro atoms. The van der Waals surface area contributed by atoms with Crippen LogP contribution >= 0.6 is 0 Å². The van der Waals surface area contributed by atoms with Gasteiger partial charge >= 0.3 is 0 Å². The molecule has 0 saturated heterocycles. The van der Waals surface area contributed by atoms with E-state index < -0.39 is 0 Å². The lowest BCUT2D eigenvalue weighted by molar-refractivity contribution is 0.464. The Kier molecular flexibility index (Phi) is 8.80. The third kappa shape index (κ3) is 7.44. The lowest BCUT2D eigenvalue weighted by atomic mass is 9.91. The molecule has 0 atom stereocenters. The van der Waals surface area contributed by atoms with Gasteiger partial charge in [0.25, 0.3) is 0 Å². The lowest BCUT2D eigenvalue weighted by Crippen LogP contribution is -2.01. The van der Waals surface area contributed by atoms with Crippen LogP contribution in [0.3, 0.4) is 0 Å². The van der Waals surface area contributed by atoms with E-state index in [4.69, 9.17) is 0 Å². The van der Waals surface area contributed by atoms with Crippen LogP contribution in [-0.2, 0) is 0 Å². The van der Waals surface area contributed by atoms with Gasteiger partial charge in [-0.2, -0.15) is 0 Å². The Morgan fingerprint density at radius 2 is 1.28 bits per heavy atom. The fourth-order valence-corrected chi connectivity index (χ4v) is 2.95. The highest BCUT2D eigenvalue weighted by atomic mass is 14.5. The molecule has 0 aromatic carbocycles. The van der Waals surface area contributed by atoms with E-state index >= 15 is 0 Å². The van der Waals surface area contributed by atoms with E-state index in [0.717, 1.165) is 5.41 Å². The molecular weight excluding hydrogens is 216 g/mol. The van der Waals surface area contributed by atoms with Gasteiger partial charge in [-0.25, -0.2) is 0 Å². The summed E-state index contributed by atoms with van der Waals surface area (Å²) < 4.78 is 0. The summed E-state index contributed by atoms with van der Waals surface area (Å²) in [6, 6.07) is 0. The molecule has 1 rings (SSSR count). The molecule has 1 aliphatic rings. The first kappa shape index (κ1) is 16.1. The first-order chi connectivity index (χ1) is 8.83. The van der Waals surface area contributed by atoms with Crippen molar-refractivity contribution in [2.45, 2.75) is 104 Å². The standard InChI is InChI=1S/C18H35/c1-3-5-7-9-11-13-15-18(16-17-18)14-12-10-8-6-4-2/h14H,3-13,15-17H2,1-2H3. The SMILES string of the molecule is CCCCCC[CH]C1(CCCCCCCC)CC1. The van der Waals surface area contributed by atoms with Crippen LogP contribution < -0.4 is 0 Å². The molecule has 1 radical (unpaired) electrons. The Morgan fingerprint density at radius 1 is 0.722 bits per heavy atom. The predicted octanol–water partition coefficient (Wildman–Crippen LogP) is 6.69. The predicted molar refractivity (Wildman–Crippen MR) is 82.7 cm³/mol. The lowest BCUT2D eigenvalue weighted by Gasteiger charge is -2.14. The minimum Gasteiger partial charge on any atom is -0.0654 e. The number of hydrogen-bond donors (Lipinski definition) is 0. The third-order valence-electron chi connectivity index (χ3n) is 4.56. The Bertz CT molecular complexity index is 178. The van der Waals surface area contributed by atoms with Crippen LogP contribution in [0.15, 0.2) is 0 Å². The van der Waals surface area contributed by atoms with Gasteiger partial charge in [-0.15, -0.1) is 0 Å². The van der Waals surface area contributed by atoms with Gasteiger partial charge in [0.15, 0.2) is 0 Å². The summed E-state index contributed by atoms with van der Waals surface area (Å²) in [6.07, 6.45) is 22.9. The fraction of sp³-hybridized carbons (Fsp3) is 0.944. The molecule has 0 heteroatoms. The molecule has 0 bridgehead atoms. The van der Waals surface area contributed by atoms with Crippen molar-refractivity contribution in [3.8, 4) is 0 Å². The minimum atomic E-state index is 0.719. The summed E-state index contributed by atoms with van der Waals surface area (Å²) in [7, 11) is 0. The maximum absolute atomic E-state index is 2.69. The summed E-state index contributed by atoms with van der Waals surface area (Å²) in [5.74, 6) is 0. The van der Waals surface area contributed by atoms with E-state index in [1.165, 1.54) is 89.9 Å². The molecule has 0 heterocycles. The molecule has 0 aromatic rings. The zero-order chi connectivity index (χ0) is 13.1.